The second-order valence-electron chi connectivity index (χ2n) is 4.58. The van der Waals surface area contributed by atoms with Crippen LogP contribution in [0.1, 0.15) is 5.01 Å². The first-order valence-electron chi connectivity index (χ1n) is 6.28. The molecule has 0 aliphatic rings. The van der Waals surface area contributed by atoms with E-state index in [1.54, 1.807) is 6.07 Å². The van der Waals surface area contributed by atoms with Crippen molar-refractivity contribution >= 4 is 32.8 Å². The van der Waals surface area contributed by atoms with Crippen molar-refractivity contribution < 1.29 is 21.6 Å². The fourth-order valence-electron chi connectivity index (χ4n) is 1.88. The Morgan fingerprint density at radius 1 is 1.12 bits per heavy atom. The van der Waals surface area contributed by atoms with E-state index in [0.717, 1.165) is 4.57 Å². The summed E-state index contributed by atoms with van der Waals surface area (Å²) < 4.78 is 64.0. The van der Waals surface area contributed by atoms with Crippen LogP contribution in [0.4, 0.5) is 13.2 Å². The van der Waals surface area contributed by atoms with Gasteiger partial charge in [-0.25, -0.2) is 8.42 Å². The smallest absolute Gasteiger partial charge is 0.297 e. The van der Waals surface area contributed by atoms with Crippen molar-refractivity contribution in [2.75, 3.05) is 0 Å². The van der Waals surface area contributed by atoms with Gasteiger partial charge in [-0.3, -0.25) is 4.57 Å². The summed E-state index contributed by atoms with van der Waals surface area (Å²) in [6.45, 7) is 0. The zero-order chi connectivity index (χ0) is 17.5. The van der Waals surface area contributed by atoms with Crippen molar-refractivity contribution in [1.82, 2.24) is 14.8 Å². The molecule has 3 aromatic rings. The minimum atomic E-state index is -4.60. The van der Waals surface area contributed by atoms with Crippen molar-refractivity contribution in [3.8, 4) is 5.13 Å². The molecule has 24 heavy (non-hydrogen) atoms. The lowest BCUT2D eigenvalue weighted by molar-refractivity contribution is -0.138. The van der Waals surface area contributed by atoms with E-state index >= 15 is 0 Å². The van der Waals surface area contributed by atoms with Gasteiger partial charge in [-0.2, -0.15) is 13.2 Å². The molecule has 0 saturated carbocycles. The highest BCUT2D eigenvalue weighted by Crippen LogP contribution is 2.33. The van der Waals surface area contributed by atoms with Crippen LogP contribution in [-0.2, 0) is 16.0 Å². The number of hydrogen-bond donors (Lipinski definition) is 0. The summed E-state index contributed by atoms with van der Waals surface area (Å²) in [5.74, 6) is 0. The van der Waals surface area contributed by atoms with Gasteiger partial charge in [0, 0.05) is 12.4 Å². The van der Waals surface area contributed by atoms with Crippen LogP contribution in [0.25, 0.3) is 5.13 Å². The molecular formula is C13H7ClF3N3O2S2. The van der Waals surface area contributed by atoms with Gasteiger partial charge in [0.2, 0.25) is 20.0 Å². The van der Waals surface area contributed by atoms with Crippen LogP contribution < -0.4 is 0 Å². The maximum absolute atomic E-state index is 12.6. The van der Waals surface area contributed by atoms with Gasteiger partial charge in [-0.05, 0) is 18.2 Å². The molecule has 0 bridgehead atoms. The first-order valence-corrected chi connectivity index (χ1v) is 8.96. The van der Waals surface area contributed by atoms with Crippen LogP contribution in [0.2, 0.25) is 5.02 Å². The van der Waals surface area contributed by atoms with E-state index in [9.17, 15) is 21.6 Å². The molecule has 0 aliphatic carbocycles. The van der Waals surface area contributed by atoms with E-state index in [1.165, 1.54) is 36.7 Å². The summed E-state index contributed by atoms with van der Waals surface area (Å²) in [7, 11) is -3.90. The molecule has 126 valence electrons. The fourth-order valence-corrected chi connectivity index (χ4v) is 4.32. The third-order valence-corrected chi connectivity index (χ3v) is 6.20. The molecule has 2 aromatic heterocycles. The zero-order valence-electron chi connectivity index (χ0n) is 11.5. The molecule has 0 saturated heterocycles. The molecule has 0 atom stereocenters. The zero-order valence-corrected chi connectivity index (χ0v) is 13.9. The Morgan fingerprint density at radius 3 is 2.46 bits per heavy atom. The van der Waals surface area contributed by atoms with Crippen LogP contribution in [0.3, 0.4) is 0 Å². The van der Waals surface area contributed by atoms with Crippen molar-refractivity contribution in [2.24, 2.45) is 0 Å². The van der Waals surface area contributed by atoms with E-state index < -0.39 is 21.0 Å². The molecule has 0 fully saturated rings. The third kappa shape index (κ3) is 3.04. The largest absolute Gasteiger partial charge is 0.445 e. The van der Waals surface area contributed by atoms with Crippen LogP contribution >= 0.6 is 22.9 Å². The summed E-state index contributed by atoms with van der Waals surface area (Å²) >= 11 is 6.22. The van der Waals surface area contributed by atoms with Gasteiger partial charge in [0.1, 0.15) is 0 Å². The SMILES string of the molecule is O=S(=O)(c1ccn(-c2nnc(C(F)(F)F)s2)c1)c1ccccc1Cl. The highest BCUT2D eigenvalue weighted by atomic mass is 35.5. The molecule has 0 spiro atoms. The third-order valence-electron chi connectivity index (χ3n) is 2.98. The Balaban J connectivity index is 1.99. The lowest BCUT2D eigenvalue weighted by Gasteiger charge is -2.04. The van der Waals surface area contributed by atoms with Gasteiger partial charge in [0.05, 0.1) is 14.8 Å². The number of aromatic nitrogens is 3. The van der Waals surface area contributed by atoms with E-state index in [0.29, 0.717) is 11.3 Å². The fraction of sp³-hybridized carbons (Fsp3) is 0.0769. The molecule has 0 amide bonds. The maximum atomic E-state index is 12.6. The molecule has 0 unspecified atom stereocenters. The van der Waals surface area contributed by atoms with Crippen molar-refractivity contribution in [3.63, 3.8) is 0 Å². The molecule has 5 nitrogen and oxygen atoms in total. The van der Waals surface area contributed by atoms with Gasteiger partial charge < -0.3 is 0 Å². The molecule has 0 N–H and O–H groups in total. The van der Waals surface area contributed by atoms with Gasteiger partial charge in [-0.15, -0.1) is 10.2 Å². The second kappa shape index (κ2) is 5.87. The molecule has 0 aliphatic heterocycles. The number of hydrogen-bond acceptors (Lipinski definition) is 5. The van der Waals surface area contributed by atoms with E-state index in [4.69, 9.17) is 11.6 Å². The predicted octanol–water partition coefficient (Wildman–Crippen LogP) is 3.83. The lowest BCUT2D eigenvalue weighted by atomic mass is 10.4. The standard InChI is InChI=1S/C13H7ClF3N3O2S2/c14-9-3-1-2-4-10(9)24(21,22)8-5-6-20(7-8)12-19-18-11(23-12)13(15,16)17/h1-7H. The maximum Gasteiger partial charge on any atom is 0.445 e. The topological polar surface area (TPSA) is 64.8 Å². The summed E-state index contributed by atoms with van der Waals surface area (Å²) in [6.07, 6.45) is -2.14. The van der Waals surface area contributed by atoms with E-state index in [-0.39, 0.29) is 19.9 Å². The number of sulfone groups is 1. The summed E-state index contributed by atoms with van der Waals surface area (Å²) in [4.78, 5) is -0.197. The van der Waals surface area contributed by atoms with Gasteiger partial charge in [0.15, 0.2) is 0 Å². The average molecular weight is 394 g/mol. The Bertz CT molecular complexity index is 996. The summed E-state index contributed by atoms with van der Waals surface area (Å²) in [5.41, 5.74) is 0. The Morgan fingerprint density at radius 2 is 1.83 bits per heavy atom. The first-order chi connectivity index (χ1) is 11.2. The minimum absolute atomic E-state index is 0.0560. The number of benzene rings is 1. The molecule has 11 heteroatoms. The van der Waals surface area contributed by atoms with E-state index in [2.05, 4.69) is 10.2 Å². The monoisotopic (exact) mass is 393 g/mol. The molecule has 1 aromatic carbocycles. The van der Waals surface area contributed by atoms with Gasteiger partial charge >= 0.3 is 6.18 Å². The van der Waals surface area contributed by atoms with Gasteiger partial charge in [-0.1, -0.05) is 35.1 Å². The molecule has 2 heterocycles. The second-order valence-corrected chi connectivity index (χ2v) is 7.86. The van der Waals surface area contributed by atoms with Crippen LogP contribution in [0.5, 0.6) is 0 Å². The summed E-state index contributed by atoms with van der Waals surface area (Å²) in [5, 5.41) is 5.34. The Kier molecular flexibility index (Phi) is 4.14. The van der Waals surface area contributed by atoms with E-state index in [1.807, 2.05) is 0 Å². The quantitative estimate of drug-likeness (QED) is 0.678. The van der Waals surface area contributed by atoms with Crippen LogP contribution in [0.15, 0.2) is 52.5 Å². The van der Waals surface area contributed by atoms with Crippen molar-refractivity contribution in [2.45, 2.75) is 16.0 Å². The predicted molar refractivity (Wildman–Crippen MR) is 81.1 cm³/mol. The average Bonchev–Trinajstić information content (AvgIpc) is 3.16. The van der Waals surface area contributed by atoms with Crippen molar-refractivity contribution in [3.05, 3.63) is 52.8 Å². The number of alkyl halides is 3. The normalized spacial score (nSPS) is 12.5. The van der Waals surface area contributed by atoms with Crippen LogP contribution in [-0.4, -0.2) is 23.2 Å². The summed E-state index contributed by atoms with van der Waals surface area (Å²) in [6, 6.07) is 7.16. The molecule has 0 radical (unpaired) electrons. The number of nitrogens with zero attached hydrogens (tertiary/aromatic N) is 3. The molecule has 3 rings (SSSR count). The number of rotatable bonds is 3. The minimum Gasteiger partial charge on any atom is -0.297 e. The number of halogens is 4. The highest BCUT2D eigenvalue weighted by Gasteiger charge is 2.36. The van der Waals surface area contributed by atoms with Crippen LogP contribution in [0, 0.1) is 0 Å². The highest BCUT2D eigenvalue weighted by molar-refractivity contribution is 7.91. The Labute approximate surface area is 143 Å². The first kappa shape index (κ1) is 16.9. The van der Waals surface area contributed by atoms with Gasteiger partial charge in [0.25, 0.3) is 0 Å². The lowest BCUT2D eigenvalue weighted by Crippen LogP contribution is -2.03. The Hall–Kier alpha value is -1.91. The van der Waals surface area contributed by atoms with Crippen molar-refractivity contribution in [1.29, 1.82) is 0 Å². The molecular weight excluding hydrogens is 387 g/mol.